The Kier molecular flexibility index (Phi) is 7.69. The van der Waals surface area contributed by atoms with Crippen LogP contribution < -0.4 is 5.32 Å². The topological polar surface area (TPSA) is 21.3 Å². The highest BCUT2D eigenvalue weighted by molar-refractivity contribution is 9.10. The van der Waals surface area contributed by atoms with Crippen molar-refractivity contribution in [1.82, 2.24) is 5.32 Å². The van der Waals surface area contributed by atoms with Gasteiger partial charge < -0.3 is 10.1 Å². The Balaban J connectivity index is 0.00000225. The first-order valence-electron chi connectivity index (χ1n) is 9.52. The lowest BCUT2D eigenvalue weighted by Gasteiger charge is -2.33. The average Bonchev–Trinajstić information content (AvgIpc) is 2.74. The molecule has 1 N–H and O–H groups in total. The Labute approximate surface area is 181 Å². The summed E-state index contributed by atoms with van der Waals surface area (Å²) < 4.78 is 7.44. The fourth-order valence-electron chi connectivity index (χ4n) is 3.75. The van der Waals surface area contributed by atoms with Gasteiger partial charge in [0.15, 0.2) is 0 Å². The maximum atomic E-state index is 6.34. The van der Waals surface area contributed by atoms with Crippen LogP contribution in [0.5, 0.6) is 0 Å². The van der Waals surface area contributed by atoms with E-state index in [2.05, 4.69) is 100 Å². The van der Waals surface area contributed by atoms with Gasteiger partial charge in [0.05, 0.1) is 12.7 Å². The summed E-state index contributed by atoms with van der Waals surface area (Å²) in [7, 11) is 0. The van der Waals surface area contributed by atoms with E-state index >= 15 is 0 Å². The van der Waals surface area contributed by atoms with Gasteiger partial charge in [0.25, 0.3) is 0 Å². The minimum absolute atomic E-state index is 0. The zero-order chi connectivity index (χ0) is 18.5. The molecule has 0 unspecified atom stereocenters. The van der Waals surface area contributed by atoms with Crippen LogP contribution in [0.25, 0.3) is 11.1 Å². The van der Waals surface area contributed by atoms with Crippen LogP contribution >= 0.6 is 28.3 Å². The standard InChI is InChI=1S/C24H24BrNO.ClH/c25-22-11-9-18(10-12-22)17-27-24-16-26-14-13-23(24)21-8-4-7-20(15-21)19-5-2-1-3-6-19;/h1-12,15,23-24,26H,13-14,16-17H2;1H/t23-,24+;/m1./s1. The molecule has 0 radical (unpaired) electrons. The van der Waals surface area contributed by atoms with E-state index < -0.39 is 0 Å². The summed E-state index contributed by atoms with van der Waals surface area (Å²) in [5.41, 5.74) is 5.12. The van der Waals surface area contributed by atoms with Gasteiger partial charge in [0, 0.05) is 16.9 Å². The Morgan fingerprint density at radius 2 is 1.64 bits per heavy atom. The largest absolute Gasteiger partial charge is 0.372 e. The highest BCUT2D eigenvalue weighted by atomic mass is 79.9. The molecule has 0 aliphatic carbocycles. The lowest BCUT2D eigenvalue weighted by molar-refractivity contribution is 0.0106. The normalized spacial score (nSPS) is 19.0. The summed E-state index contributed by atoms with van der Waals surface area (Å²) in [5.74, 6) is 0.422. The molecule has 0 bridgehead atoms. The number of hydrogen-bond acceptors (Lipinski definition) is 2. The molecule has 2 atom stereocenters. The number of rotatable bonds is 5. The van der Waals surface area contributed by atoms with Crippen molar-refractivity contribution < 1.29 is 4.74 Å². The van der Waals surface area contributed by atoms with E-state index in [0.29, 0.717) is 12.5 Å². The van der Waals surface area contributed by atoms with Crippen LogP contribution in [0.2, 0.25) is 0 Å². The average molecular weight is 459 g/mol. The summed E-state index contributed by atoms with van der Waals surface area (Å²) in [4.78, 5) is 0. The highest BCUT2D eigenvalue weighted by Crippen LogP contribution is 2.31. The van der Waals surface area contributed by atoms with Gasteiger partial charge in [-0.3, -0.25) is 0 Å². The smallest absolute Gasteiger partial charge is 0.0772 e. The van der Waals surface area contributed by atoms with Gasteiger partial charge in [-0.2, -0.15) is 0 Å². The van der Waals surface area contributed by atoms with Gasteiger partial charge in [0.2, 0.25) is 0 Å². The third-order valence-corrected chi connectivity index (χ3v) is 5.75. The van der Waals surface area contributed by atoms with Crippen molar-refractivity contribution in [2.24, 2.45) is 0 Å². The summed E-state index contributed by atoms with van der Waals surface area (Å²) >= 11 is 3.49. The lowest BCUT2D eigenvalue weighted by Crippen LogP contribution is -2.40. The number of nitrogens with one attached hydrogen (secondary N) is 1. The van der Waals surface area contributed by atoms with Crippen LogP contribution in [0, 0.1) is 0 Å². The zero-order valence-electron chi connectivity index (χ0n) is 15.7. The van der Waals surface area contributed by atoms with Gasteiger partial charge in [-0.1, -0.05) is 82.7 Å². The molecule has 4 rings (SSSR count). The van der Waals surface area contributed by atoms with Crippen molar-refractivity contribution in [3.63, 3.8) is 0 Å². The second-order valence-electron chi connectivity index (χ2n) is 7.07. The molecule has 4 heteroatoms. The number of benzene rings is 3. The summed E-state index contributed by atoms with van der Waals surface area (Å²) in [6, 6.07) is 27.9. The Morgan fingerprint density at radius 3 is 2.43 bits per heavy atom. The molecular weight excluding hydrogens is 434 g/mol. The van der Waals surface area contributed by atoms with Gasteiger partial charge in [-0.25, -0.2) is 0 Å². The first-order chi connectivity index (χ1) is 13.3. The van der Waals surface area contributed by atoms with Crippen molar-refractivity contribution >= 4 is 28.3 Å². The molecule has 1 aliphatic rings. The van der Waals surface area contributed by atoms with Crippen molar-refractivity contribution in [2.75, 3.05) is 13.1 Å². The van der Waals surface area contributed by atoms with E-state index in [1.807, 2.05) is 0 Å². The number of ether oxygens (including phenoxy) is 1. The van der Waals surface area contributed by atoms with Gasteiger partial charge in [-0.15, -0.1) is 12.4 Å². The second kappa shape index (κ2) is 10.2. The van der Waals surface area contributed by atoms with Crippen LogP contribution in [0.1, 0.15) is 23.5 Å². The first-order valence-corrected chi connectivity index (χ1v) is 10.3. The Hall–Kier alpha value is -1.65. The van der Waals surface area contributed by atoms with Crippen molar-refractivity contribution in [3.05, 3.63) is 94.5 Å². The van der Waals surface area contributed by atoms with Crippen LogP contribution in [-0.2, 0) is 11.3 Å². The molecule has 0 aromatic heterocycles. The molecule has 1 aliphatic heterocycles. The third kappa shape index (κ3) is 5.24. The van der Waals surface area contributed by atoms with Crippen molar-refractivity contribution in [2.45, 2.75) is 25.0 Å². The summed E-state index contributed by atoms with van der Waals surface area (Å²) in [6.07, 6.45) is 1.29. The SMILES string of the molecule is Brc1ccc(CO[C@H]2CNCC[C@@H]2c2cccc(-c3ccccc3)c2)cc1.Cl. The van der Waals surface area contributed by atoms with Crippen LogP contribution in [0.3, 0.4) is 0 Å². The van der Waals surface area contributed by atoms with Gasteiger partial charge in [-0.05, 0) is 47.4 Å². The van der Waals surface area contributed by atoms with Gasteiger partial charge >= 0.3 is 0 Å². The number of halogens is 2. The van der Waals surface area contributed by atoms with E-state index in [9.17, 15) is 0 Å². The molecule has 28 heavy (non-hydrogen) atoms. The van der Waals surface area contributed by atoms with E-state index in [4.69, 9.17) is 4.74 Å². The maximum absolute atomic E-state index is 6.34. The monoisotopic (exact) mass is 457 g/mol. The fourth-order valence-corrected chi connectivity index (χ4v) is 4.01. The predicted molar refractivity (Wildman–Crippen MR) is 122 cm³/mol. The number of piperidine rings is 1. The van der Waals surface area contributed by atoms with E-state index in [0.717, 1.165) is 24.0 Å². The Morgan fingerprint density at radius 1 is 0.893 bits per heavy atom. The quantitative estimate of drug-likeness (QED) is 0.491. The molecule has 1 fully saturated rings. The highest BCUT2D eigenvalue weighted by Gasteiger charge is 2.27. The molecule has 3 aromatic rings. The van der Waals surface area contributed by atoms with Crippen molar-refractivity contribution in [1.29, 1.82) is 0 Å². The van der Waals surface area contributed by atoms with Crippen LogP contribution in [0.15, 0.2) is 83.3 Å². The predicted octanol–water partition coefficient (Wildman–Crippen LogP) is 6.20. The zero-order valence-corrected chi connectivity index (χ0v) is 18.1. The minimum Gasteiger partial charge on any atom is -0.372 e. The molecule has 2 nitrogen and oxygen atoms in total. The minimum atomic E-state index is 0. The van der Waals surface area contributed by atoms with Gasteiger partial charge in [0.1, 0.15) is 0 Å². The fraction of sp³-hybridized carbons (Fsp3) is 0.250. The molecule has 0 spiro atoms. The third-order valence-electron chi connectivity index (χ3n) is 5.23. The Bertz CT molecular complexity index is 869. The van der Waals surface area contributed by atoms with E-state index in [-0.39, 0.29) is 18.5 Å². The van der Waals surface area contributed by atoms with E-state index in [1.165, 1.54) is 22.3 Å². The second-order valence-corrected chi connectivity index (χ2v) is 7.98. The van der Waals surface area contributed by atoms with Crippen LogP contribution in [-0.4, -0.2) is 19.2 Å². The molecule has 1 heterocycles. The maximum Gasteiger partial charge on any atom is 0.0772 e. The summed E-state index contributed by atoms with van der Waals surface area (Å²) in [5, 5.41) is 3.49. The van der Waals surface area contributed by atoms with E-state index in [1.54, 1.807) is 0 Å². The van der Waals surface area contributed by atoms with Crippen LogP contribution in [0.4, 0.5) is 0 Å². The lowest BCUT2D eigenvalue weighted by atomic mass is 9.86. The first kappa shape index (κ1) is 21.1. The molecular formula is C24H25BrClNO. The molecule has 146 valence electrons. The van der Waals surface area contributed by atoms with Crippen molar-refractivity contribution in [3.8, 4) is 11.1 Å². The molecule has 3 aromatic carbocycles. The molecule has 0 saturated carbocycles. The molecule has 1 saturated heterocycles. The summed E-state index contributed by atoms with van der Waals surface area (Å²) in [6.45, 7) is 2.59. The number of hydrogen-bond donors (Lipinski definition) is 1. The molecule has 0 amide bonds.